The minimum Gasteiger partial charge on any atom is -0.382 e. The zero-order valence-electron chi connectivity index (χ0n) is 12.6. The van der Waals surface area contributed by atoms with Crippen molar-refractivity contribution in [1.82, 2.24) is 9.88 Å². The van der Waals surface area contributed by atoms with Crippen LogP contribution >= 0.6 is 0 Å². The molecule has 1 fully saturated rings. The zero-order valence-corrected chi connectivity index (χ0v) is 12.6. The lowest BCUT2D eigenvalue weighted by Crippen LogP contribution is -2.38. The van der Waals surface area contributed by atoms with Crippen LogP contribution in [0.25, 0.3) is 0 Å². The Morgan fingerprint density at radius 2 is 1.90 bits per heavy atom. The van der Waals surface area contributed by atoms with Crippen molar-refractivity contribution in [3.63, 3.8) is 0 Å². The van der Waals surface area contributed by atoms with Crippen molar-refractivity contribution in [3.8, 4) is 0 Å². The van der Waals surface area contributed by atoms with Gasteiger partial charge in [0.15, 0.2) is 0 Å². The normalized spacial score (nSPS) is 16.8. The third kappa shape index (κ3) is 4.05. The van der Waals surface area contributed by atoms with Crippen LogP contribution in [0, 0.1) is 6.92 Å². The molecule has 0 saturated carbocycles. The lowest BCUT2D eigenvalue weighted by molar-refractivity contribution is 0.211. The van der Waals surface area contributed by atoms with Crippen LogP contribution < -0.4 is 5.32 Å². The first-order chi connectivity index (χ1) is 10.3. The Morgan fingerprint density at radius 3 is 2.62 bits per heavy atom. The summed E-state index contributed by atoms with van der Waals surface area (Å²) in [7, 11) is 0. The number of anilines is 1. The number of hydrogen-bond donors (Lipinski definition) is 1. The van der Waals surface area contributed by atoms with Crippen molar-refractivity contribution in [2.24, 2.45) is 0 Å². The third-order valence-electron chi connectivity index (χ3n) is 4.13. The monoisotopic (exact) mass is 281 g/mol. The van der Waals surface area contributed by atoms with Crippen molar-refractivity contribution in [2.75, 3.05) is 18.4 Å². The molecule has 1 saturated heterocycles. The number of rotatable bonds is 4. The minimum atomic E-state index is 0.598. The number of nitrogens with one attached hydrogen (secondary N) is 1. The summed E-state index contributed by atoms with van der Waals surface area (Å²) in [5, 5.41) is 3.67. The molecule has 0 spiro atoms. The van der Waals surface area contributed by atoms with E-state index in [1.165, 1.54) is 29.7 Å². The number of benzene rings is 1. The Morgan fingerprint density at radius 1 is 1.14 bits per heavy atom. The predicted octanol–water partition coefficient (Wildman–Crippen LogP) is 3.47. The lowest BCUT2D eigenvalue weighted by Gasteiger charge is -2.33. The molecule has 21 heavy (non-hydrogen) atoms. The first-order valence-electron chi connectivity index (χ1n) is 7.74. The van der Waals surface area contributed by atoms with Gasteiger partial charge in [0, 0.05) is 43.8 Å². The van der Waals surface area contributed by atoms with Gasteiger partial charge in [-0.15, -0.1) is 0 Å². The summed E-state index contributed by atoms with van der Waals surface area (Å²) in [6, 6.07) is 13.5. The Bertz CT molecular complexity index is 560. The lowest BCUT2D eigenvalue weighted by atomic mass is 10.0. The second-order valence-electron chi connectivity index (χ2n) is 5.92. The van der Waals surface area contributed by atoms with Gasteiger partial charge in [-0.05, 0) is 55.2 Å². The van der Waals surface area contributed by atoms with Gasteiger partial charge in [-0.25, -0.2) is 0 Å². The first kappa shape index (κ1) is 14.1. The van der Waals surface area contributed by atoms with Crippen molar-refractivity contribution < 1.29 is 0 Å². The summed E-state index contributed by atoms with van der Waals surface area (Å²) in [5.74, 6) is 0. The summed E-state index contributed by atoms with van der Waals surface area (Å²) >= 11 is 0. The second kappa shape index (κ2) is 6.72. The van der Waals surface area contributed by atoms with Gasteiger partial charge in [-0.1, -0.05) is 12.1 Å². The van der Waals surface area contributed by atoms with Gasteiger partial charge in [-0.3, -0.25) is 9.88 Å². The molecule has 2 heterocycles. The SMILES string of the molecule is Cc1cccc(NC2CCN(Cc3ccncc3)CC2)c1. The molecular weight excluding hydrogens is 258 g/mol. The Kier molecular flexibility index (Phi) is 4.51. The maximum Gasteiger partial charge on any atom is 0.0344 e. The molecule has 2 aromatic rings. The number of nitrogens with zero attached hydrogens (tertiary/aromatic N) is 2. The van der Waals surface area contributed by atoms with E-state index < -0.39 is 0 Å². The van der Waals surface area contributed by atoms with E-state index in [0.717, 1.165) is 19.6 Å². The van der Waals surface area contributed by atoms with E-state index in [-0.39, 0.29) is 0 Å². The molecule has 1 aliphatic heterocycles. The molecule has 1 N–H and O–H groups in total. The Labute approximate surface area is 127 Å². The summed E-state index contributed by atoms with van der Waals surface area (Å²) < 4.78 is 0. The Hall–Kier alpha value is -1.87. The fraction of sp³-hybridized carbons (Fsp3) is 0.389. The van der Waals surface area contributed by atoms with Gasteiger partial charge in [0.1, 0.15) is 0 Å². The molecule has 0 amide bonds. The molecular formula is C18H23N3. The maximum atomic E-state index is 4.08. The fourth-order valence-corrected chi connectivity index (χ4v) is 2.95. The van der Waals surface area contributed by atoms with Gasteiger partial charge in [0.05, 0.1) is 0 Å². The quantitative estimate of drug-likeness (QED) is 0.930. The van der Waals surface area contributed by atoms with Gasteiger partial charge in [-0.2, -0.15) is 0 Å². The molecule has 1 aliphatic rings. The number of aryl methyl sites for hydroxylation is 1. The minimum absolute atomic E-state index is 0.598. The number of likely N-dealkylation sites (tertiary alicyclic amines) is 1. The molecule has 0 aliphatic carbocycles. The van der Waals surface area contributed by atoms with Crippen LogP contribution in [0.3, 0.4) is 0 Å². The Balaban J connectivity index is 1.49. The first-order valence-corrected chi connectivity index (χ1v) is 7.74. The summed E-state index contributed by atoms with van der Waals surface area (Å²) in [6.07, 6.45) is 6.17. The zero-order chi connectivity index (χ0) is 14.5. The van der Waals surface area contributed by atoms with E-state index in [4.69, 9.17) is 0 Å². The molecule has 3 rings (SSSR count). The van der Waals surface area contributed by atoms with Crippen molar-refractivity contribution in [3.05, 3.63) is 59.9 Å². The number of aromatic nitrogens is 1. The molecule has 3 heteroatoms. The highest BCUT2D eigenvalue weighted by Crippen LogP contribution is 2.18. The molecule has 0 bridgehead atoms. The molecule has 3 nitrogen and oxygen atoms in total. The summed E-state index contributed by atoms with van der Waals surface area (Å²) in [6.45, 7) is 5.50. The van der Waals surface area contributed by atoms with Crippen LogP contribution in [-0.2, 0) is 6.54 Å². The number of hydrogen-bond acceptors (Lipinski definition) is 3. The van der Waals surface area contributed by atoms with Crippen LogP contribution in [0.1, 0.15) is 24.0 Å². The van der Waals surface area contributed by atoms with Crippen LogP contribution in [-0.4, -0.2) is 29.0 Å². The van der Waals surface area contributed by atoms with E-state index in [9.17, 15) is 0 Å². The second-order valence-corrected chi connectivity index (χ2v) is 5.92. The molecule has 1 aromatic carbocycles. The number of piperidine rings is 1. The summed E-state index contributed by atoms with van der Waals surface area (Å²) in [4.78, 5) is 6.61. The van der Waals surface area contributed by atoms with E-state index in [2.05, 4.69) is 58.5 Å². The smallest absolute Gasteiger partial charge is 0.0344 e. The van der Waals surface area contributed by atoms with E-state index >= 15 is 0 Å². The molecule has 0 radical (unpaired) electrons. The topological polar surface area (TPSA) is 28.2 Å². The fourth-order valence-electron chi connectivity index (χ4n) is 2.95. The van der Waals surface area contributed by atoms with Crippen LogP contribution in [0.2, 0.25) is 0 Å². The maximum absolute atomic E-state index is 4.08. The highest BCUT2D eigenvalue weighted by Gasteiger charge is 2.18. The number of pyridine rings is 1. The predicted molar refractivity (Wildman–Crippen MR) is 87.3 cm³/mol. The van der Waals surface area contributed by atoms with Gasteiger partial charge in [0.2, 0.25) is 0 Å². The van der Waals surface area contributed by atoms with Gasteiger partial charge in [0.25, 0.3) is 0 Å². The van der Waals surface area contributed by atoms with E-state index in [0.29, 0.717) is 6.04 Å². The molecule has 0 unspecified atom stereocenters. The van der Waals surface area contributed by atoms with Crippen molar-refractivity contribution >= 4 is 5.69 Å². The van der Waals surface area contributed by atoms with Gasteiger partial charge < -0.3 is 5.32 Å². The standard InChI is InChI=1S/C18H23N3/c1-15-3-2-4-18(13-15)20-17-7-11-21(12-8-17)14-16-5-9-19-10-6-16/h2-6,9-10,13,17,20H,7-8,11-12,14H2,1H3. The van der Waals surface area contributed by atoms with Gasteiger partial charge >= 0.3 is 0 Å². The third-order valence-corrected chi connectivity index (χ3v) is 4.13. The van der Waals surface area contributed by atoms with Crippen LogP contribution in [0.15, 0.2) is 48.8 Å². The molecule has 1 aromatic heterocycles. The van der Waals surface area contributed by atoms with Crippen molar-refractivity contribution in [2.45, 2.75) is 32.4 Å². The highest BCUT2D eigenvalue weighted by atomic mass is 15.1. The average molecular weight is 281 g/mol. The van der Waals surface area contributed by atoms with Crippen molar-refractivity contribution in [1.29, 1.82) is 0 Å². The molecule has 110 valence electrons. The van der Waals surface area contributed by atoms with Crippen LogP contribution in [0.4, 0.5) is 5.69 Å². The average Bonchev–Trinajstić information content (AvgIpc) is 2.50. The van der Waals surface area contributed by atoms with Crippen LogP contribution in [0.5, 0.6) is 0 Å². The molecule has 0 atom stereocenters. The van der Waals surface area contributed by atoms with E-state index in [1.807, 2.05) is 12.4 Å². The van der Waals surface area contributed by atoms with E-state index in [1.54, 1.807) is 0 Å². The highest BCUT2D eigenvalue weighted by molar-refractivity contribution is 5.46. The largest absolute Gasteiger partial charge is 0.382 e. The summed E-state index contributed by atoms with van der Waals surface area (Å²) in [5.41, 5.74) is 3.92.